The van der Waals surface area contributed by atoms with Gasteiger partial charge in [-0.1, -0.05) is 32.9 Å². The minimum atomic E-state index is -0.451. The lowest BCUT2D eigenvalue weighted by Crippen LogP contribution is -2.51. The lowest BCUT2D eigenvalue weighted by molar-refractivity contribution is -0.108. The predicted molar refractivity (Wildman–Crippen MR) is 57.9 cm³/mol. The molecule has 0 aromatic heterocycles. The Bertz CT molecular complexity index is 232. The van der Waals surface area contributed by atoms with Gasteiger partial charge in [0.25, 0.3) is 0 Å². The van der Waals surface area contributed by atoms with Crippen molar-refractivity contribution >= 4 is 0 Å². The molecule has 0 spiro atoms. The average Bonchev–Trinajstić information content (AvgIpc) is 2.08. The van der Waals surface area contributed by atoms with Crippen molar-refractivity contribution in [1.29, 1.82) is 0 Å². The van der Waals surface area contributed by atoms with E-state index in [2.05, 4.69) is 20.4 Å². The smallest absolute Gasteiger partial charge is 0.0647 e. The SMILES string of the molecule is C=C(C)[C@@H]1C[C@@H](O)[C@H](C)[C@H](O)C1(C)C. The third-order valence-electron chi connectivity index (χ3n) is 3.84. The van der Waals surface area contributed by atoms with Gasteiger partial charge in [0.2, 0.25) is 0 Å². The molecule has 14 heavy (non-hydrogen) atoms. The zero-order valence-electron chi connectivity index (χ0n) is 9.62. The Morgan fingerprint density at radius 1 is 1.36 bits per heavy atom. The summed E-state index contributed by atoms with van der Waals surface area (Å²) in [4.78, 5) is 0. The van der Waals surface area contributed by atoms with Gasteiger partial charge in [-0.15, -0.1) is 0 Å². The third kappa shape index (κ3) is 1.73. The number of hydrogen-bond acceptors (Lipinski definition) is 2. The highest BCUT2D eigenvalue weighted by atomic mass is 16.3. The van der Waals surface area contributed by atoms with Gasteiger partial charge >= 0.3 is 0 Å². The molecule has 1 aliphatic rings. The van der Waals surface area contributed by atoms with E-state index in [0.717, 1.165) is 12.0 Å². The van der Waals surface area contributed by atoms with Gasteiger partial charge in [0.15, 0.2) is 0 Å². The highest BCUT2D eigenvalue weighted by molar-refractivity contribution is 5.09. The molecule has 0 saturated heterocycles. The molecule has 0 amide bonds. The Kier molecular flexibility index (Phi) is 3.07. The first-order chi connectivity index (χ1) is 6.28. The normalized spacial score (nSPS) is 42.1. The van der Waals surface area contributed by atoms with E-state index in [1.807, 2.05) is 13.8 Å². The van der Waals surface area contributed by atoms with Crippen LogP contribution in [0.15, 0.2) is 12.2 Å². The average molecular weight is 198 g/mol. The monoisotopic (exact) mass is 198 g/mol. The summed E-state index contributed by atoms with van der Waals surface area (Å²) in [7, 11) is 0. The van der Waals surface area contributed by atoms with Crippen LogP contribution in [0.4, 0.5) is 0 Å². The van der Waals surface area contributed by atoms with Crippen LogP contribution >= 0.6 is 0 Å². The van der Waals surface area contributed by atoms with E-state index in [1.54, 1.807) is 0 Å². The Morgan fingerprint density at radius 3 is 2.29 bits per heavy atom. The molecule has 1 fully saturated rings. The first-order valence-electron chi connectivity index (χ1n) is 5.30. The second kappa shape index (κ2) is 3.67. The van der Waals surface area contributed by atoms with Crippen molar-refractivity contribution in [3.63, 3.8) is 0 Å². The van der Waals surface area contributed by atoms with E-state index in [0.29, 0.717) is 0 Å². The number of aliphatic hydroxyl groups is 2. The Labute approximate surface area is 86.6 Å². The van der Waals surface area contributed by atoms with Gasteiger partial charge < -0.3 is 10.2 Å². The summed E-state index contributed by atoms with van der Waals surface area (Å²) in [5, 5.41) is 19.9. The molecule has 82 valence electrons. The molecule has 2 N–H and O–H groups in total. The summed E-state index contributed by atoms with van der Waals surface area (Å²) in [6, 6.07) is 0. The van der Waals surface area contributed by atoms with Crippen molar-refractivity contribution in [2.75, 3.05) is 0 Å². The molecule has 0 aliphatic heterocycles. The topological polar surface area (TPSA) is 40.5 Å². The molecule has 2 nitrogen and oxygen atoms in total. The molecular formula is C12H22O2. The minimum absolute atomic E-state index is 0.0411. The zero-order chi connectivity index (χ0) is 11.1. The van der Waals surface area contributed by atoms with Crippen LogP contribution in [0.1, 0.15) is 34.1 Å². The summed E-state index contributed by atoms with van der Waals surface area (Å²) in [6.45, 7) is 11.9. The second-order valence-corrected chi connectivity index (χ2v) is 5.33. The van der Waals surface area contributed by atoms with Gasteiger partial charge in [0.1, 0.15) is 0 Å². The van der Waals surface area contributed by atoms with E-state index >= 15 is 0 Å². The minimum Gasteiger partial charge on any atom is -0.393 e. The van der Waals surface area contributed by atoms with Crippen LogP contribution in [0.25, 0.3) is 0 Å². The van der Waals surface area contributed by atoms with E-state index in [9.17, 15) is 10.2 Å². The van der Waals surface area contributed by atoms with Gasteiger partial charge in [-0.05, 0) is 24.7 Å². The highest BCUT2D eigenvalue weighted by Crippen LogP contribution is 2.46. The quantitative estimate of drug-likeness (QED) is 0.632. The lowest BCUT2D eigenvalue weighted by atomic mass is 9.60. The number of allylic oxidation sites excluding steroid dienone is 1. The van der Waals surface area contributed by atoms with Gasteiger partial charge in [0, 0.05) is 5.92 Å². The summed E-state index contributed by atoms with van der Waals surface area (Å²) in [5.41, 5.74) is 0.879. The van der Waals surface area contributed by atoms with E-state index in [4.69, 9.17) is 0 Å². The Balaban J connectivity index is 2.95. The van der Waals surface area contributed by atoms with Crippen molar-refractivity contribution in [3.05, 3.63) is 12.2 Å². The summed E-state index contributed by atoms with van der Waals surface area (Å²) >= 11 is 0. The van der Waals surface area contributed by atoms with Crippen LogP contribution in [-0.4, -0.2) is 22.4 Å². The van der Waals surface area contributed by atoms with Crippen molar-refractivity contribution in [3.8, 4) is 0 Å². The van der Waals surface area contributed by atoms with Crippen LogP contribution in [0.5, 0.6) is 0 Å². The van der Waals surface area contributed by atoms with Crippen LogP contribution in [0.2, 0.25) is 0 Å². The molecule has 0 heterocycles. The molecular weight excluding hydrogens is 176 g/mol. The molecule has 2 heteroatoms. The highest BCUT2D eigenvalue weighted by Gasteiger charge is 2.46. The van der Waals surface area contributed by atoms with E-state index in [-0.39, 0.29) is 17.3 Å². The standard InChI is InChI=1S/C12H22O2/c1-7(2)9-6-10(13)8(3)11(14)12(9,4)5/h8-11,13-14H,1,6H2,2-5H3/t8-,9-,10+,11-/m0/s1. The zero-order valence-corrected chi connectivity index (χ0v) is 9.62. The summed E-state index contributed by atoms with van der Waals surface area (Å²) in [6.07, 6.45) is -0.131. The Hall–Kier alpha value is -0.340. The lowest BCUT2D eigenvalue weighted by Gasteiger charge is -2.48. The van der Waals surface area contributed by atoms with Crippen LogP contribution in [0, 0.1) is 17.3 Å². The van der Waals surface area contributed by atoms with Crippen molar-refractivity contribution in [2.24, 2.45) is 17.3 Å². The van der Waals surface area contributed by atoms with Crippen molar-refractivity contribution in [1.82, 2.24) is 0 Å². The van der Waals surface area contributed by atoms with Crippen LogP contribution < -0.4 is 0 Å². The number of hydrogen-bond donors (Lipinski definition) is 2. The van der Waals surface area contributed by atoms with E-state index < -0.39 is 12.2 Å². The molecule has 1 rings (SSSR count). The maximum absolute atomic E-state index is 10.1. The number of rotatable bonds is 1. The number of aliphatic hydroxyl groups excluding tert-OH is 2. The Morgan fingerprint density at radius 2 is 1.86 bits per heavy atom. The molecule has 1 saturated carbocycles. The van der Waals surface area contributed by atoms with Crippen molar-refractivity contribution < 1.29 is 10.2 Å². The molecule has 1 aliphatic carbocycles. The molecule has 0 radical (unpaired) electrons. The molecule has 0 bridgehead atoms. The maximum atomic E-state index is 10.1. The first kappa shape index (κ1) is 11.7. The third-order valence-corrected chi connectivity index (χ3v) is 3.84. The second-order valence-electron chi connectivity index (χ2n) is 5.33. The van der Waals surface area contributed by atoms with Gasteiger partial charge in [0.05, 0.1) is 12.2 Å². The van der Waals surface area contributed by atoms with Crippen molar-refractivity contribution in [2.45, 2.75) is 46.3 Å². The molecule has 0 aromatic carbocycles. The van der Waals surface area contributed by atoms with Gasteiger partial charge in [-0.25, -0.2) is 0 Å². The fraction of sp³-hybridized carbons (Fsp3) is 0.833. The molecule has 0 unspecified atom stereocenters. The molecule has 0 aromatic rings. The van der Waals surface area contributed by atoms with Gasteiger partial charge in [-0.2, -0.15) is 0 Å². The first-order valence-corrected chi connectivity index (χ1v) is 5.30. The fourth-order valence-corrected chi connectivity index (χ4v) is 2.69. The van der Waals surface area contributed by atoms with Crippen LogP contribution in [0.3, 0.4) is 0 Å². The maximum Gasteiger partial charge on any atom is 0.0647 e. The fourth-order valence-electron chi connectivity index (χ4n) is 2.69. The summed E-state index contributed by atoms with van der Waals surface area (Å²) in [5.74, 6) is 0.171. The summed E-state index contributed by atoms with van der Waals surface area (Å²) < 4.78 is 0. The molecule has 4 atom stereocenters. The largest absolute Gasteiger partial charge is 0.393 e. The van der Waals surface area contributed by atoms with E-state index in [1.165, 1.54) is 0 Å². The van der Waals surface area contributed by atoms with Gasteiger partial charge in [-0.3, -0.25) is 0 Å². The van der Waals surface area contributed by atoms with Crippen LogP contribution in [-0.2, 0) is 0 Å². The predicted octanol–water partition coefficient (Wildman–Crippen LogP) is 1.97.